The number of rotatable bonds is 1. The second-order valence-electron chi connectivity index (χ2n) is 4.77. The van der Waals surface area contributed by atoms with Crippen LogP contribution < -0.4 is 4.90 Å². The molecule has 1 heterocycles. The van der Waals surface area contributed by atoms with Crippen molar-refractivity contribution < 1.29 is 14.7 Å². The maximum Gasteiger partial charge on any atom is 0.239 e. The number of carbonyl (C=O) groups excluding carboxylic acids is 2. The van der Waals surface area contributed by atoms with Gasteiger partial charge < -0.3 is 5.11 Å². The van der Waals surface area contributed by atoms with Gasteiger partial charge in [-0.25, -0.2) is 4.90 Å². The zero-order chi connectivity index (χ0) is 13.6. The molecule has 1 N–H and O–H groups in total. The van der Waals surface area contributed by atoms with E-state index >= 15 is 0 Å². The molecule has 0 spiro atoms. The van der Waals surface area contributed by atoms with Gasteiger partial charge in [-0.3, -0.25) is 9.59 Å². The van der Waals surface area contributed by atoms with E-state index in [-0.39, 0.29) is 23.5 Å². The van der Waals surface area contributed by atoms with Gasteiger partial charge in [0, 0.05) is 0 Å². The number of phenols is 1. The van der Waals surface area contributed by atoms with E-state index in [1.54, 1.807) is 18.2 Å². The SMILES string of the molecule is O=C1[C@H]2[C@@H](Cl)C=CC[C@H]2C(=O)N1c1ccc(O)cc1. The standard InChI is InChI=1S/C14H12ClNO3/c15-11-3-1-2-10-12(11)14(19)16(13(10)18)8-4-6-9(17)7-5-8/h1,3-7,10-12,17H,2H2/t10-,11+,12-/m1/s1. The fraction of sp³-hybridized carbons (Fsp3) is 0.286. The number of hydrogen-bond acceptors (Lipinski definition) is 3. The molecule has 0 saturated carbocycles. The second-order valence-corrected chi connectivity index (χ2v) is 5.27. The van der Waals surface area contributed by atoms with E-state index in [1.165, 1.54) is 17.0 Å². The highest BCUT2D eigenvalue weighted by atomic mass is 35.5. The number of phenolic OH excluding ortho intramolecular Hbond substituents is 1. The van der Waals surface area contributed by atoms with Crippen molar-refractivity contribution in [2.24, 2.45) is 11.8 Å². The summed E-state index contributed by atoms with van der Waals surface area (Å²) >= 11 is 6.13. The summed E-state index contributed by atoms with van der Waals surface area (Å²) in [5, 5.41) is 8.83. The first-order chi connectivity index (χ1) is 9.09. The van der Waals surface area contributed by atoms with Crippen LogP contribution in [0.4, 0.5) is 5.69 Å². The van der Waals surface area contributed by atoms with E-state index in [4.69, 9.17) is 11.6 Å². The Morgan fingerprint density at radius 1 is 1.16 bits per heavy atom. The van der Waals surface area contributed by atoms with Crippen LogP contribution in [0.3, 0.4) is 0 Å². The van der Waals surface area contributed by atoms with E-state index in [9.17, 15) is 14.7 Å². The molecule has 0 bridgehead atoms. The number of alkyl halides is 1. The van der Waals surface area contributed by atoms with E-state index in [2.05, 4.69) is 0 Å². The van der Waals surface area contributed by atoms with Crippen LogP contribution in [0, 0.1) is 11.8 Å². The highest BCUT2D eigenvalue weighted by molar-refractivity contribution is 6.29. The number of halogens is 1. The lowest BCUT2D eigenvalue weighted by Gasteiger charge is -2.20. The fourth-order valence-electron chi connectivity index (χ4n) is 2.69. The number of allylic oxidation sites excluding steroid dienone is 2. The molecule has 5 heteroatoms. The third-order valence-electron chi connectivity index (χ3n) is 3.64. The van der Waals surface area contributed by atoms with Crippen molar-refractivity contribution in [3.63, 3.8) is 0 Å². The first kappa shape index (κ1) is 12.2. The predicted molar refractivity (Wildman–Crippen MR) is 71.0 cm³/mol. The van der Waals surface area contributed by atoms with Crippen LogP contribution in [0.15, 0.2) is 36.4 Å². The lowest BCUT2D eigenvalue weighted by atomic mass is 9.85. The zero-order valence-electron chi connectivity index (χ0n) is 9.99. The predicted octanol–water partition coefficient (Wildman–Crippen LogP) is 2.07. The lowest BCUT2D eigenvalue weighted by Crippen LogP contribution is -2.32. The number of fused-ring (bicyclic) bond motifs is 1. The van der Waals surface area contributed by atoms with Gasteiger partial charge in [-0.15, -0.1) is 11.6 Å². The maximum atomic E-state index is 12.4. The van der Waals surface area contributed by atoms with E-state index in [0.29, 0.717) is 12.1 Å². The average Bonchev–Trinajstić information content (AvgIpc) is 2.65. The zero-order valence-corrected chi connectivity index (χ0v) is 10.7. The van der Waals surface area contributed by atoms with Crippen molar-refractivity contribution in [2.75, 3.05) is 4.90 Å². The van der Waals surface area contributed by atoms with E-state index in [1.807, 2.05) is 6.08 Å². The molecule has 98 valence electrons. The first-order valence-corrected chi connectivity index (χ1v) is 6.51. The largest absolute Gasteiger partial charge is 0.508 e. The summed E-state index contributed by atoms with van der Waals surface area (Å²) in [6, 6.07) is 6.01. The molecule has 0 unspecified atom stereocenters. The van der Waals surface area contributed by atoms with Gasteiger partial charge in [0.05, 0.1) is 22.9 Å². The molecule has 2 aliphatic rings. The Morgan fingerprint density at radius 3 is 2.47 bits per heavy atom. The van der Waals surface area contributed by atoms with E-state index in [0.717, 1.165) is 0 Å². The summed E-state index contributed by atoms with van der Waals surface area (Å²) in [7, 11) is 0. The summed E-state index contributed by atoms with van der Waals surface area (Å²) in [6.07, 6.45) is 4.17. The van der Waals surface area contributed by atoms with Crippen LogP contribution in [0.2, 0.25) is 0 Å². The molecule has 19 heavy (non-hydrogen) atoms. The van der Waals surface area contributed by atoms with Crippen LogP contribution in [0.1, 0.15) is 6.42 Å². The Hall–Kier alpha value is -1.81. The molecule has 1 aliphatic heterocycles. The number of carbonyl (C=O) groups is 2. The summed E-state index contributed by atoms with van der Waals surface area (Å²) in [5.74, 6) is -1.22. The number of nitrogens with zero attached hydrogens (tertiary/aromatic N) is 1. The third kappa shape index (κ3) is 1.83. The van der Waals surface area contributed by atoms with Crippen molar-refractivity contribution >= 4 is 29.1 Å². The summed E-state index contributed by atoms with van der Waals surface area (Å²) in [4.78, 5) is 25.9. The van der Waals surface area contributed by atoms with Crippen LogP contribution in [-0.2, 0) is 9.59 Å². The Kier molecular flexibility index (Phi) is 2.82. The molecule has 1 saturated heterocycles. The van der Waals surface area contributed by atoms with Gasteiger partial charge in [0.15, 0.2) is 0 Å². The fourth-order valence-corrected chi connectivity index (χ4v) is 3.07. The van der Waals surface area contributed by atoms with Crippen molar-refractivity contribution in [3.05, 3.63) is 36.4 Å². The first-order valence-electron chi connectivity index (χ1n) is 6.07. The van der Waals surface area contributed by atoms with Gasteiger partial charge in [-0.1, -0.05) is 12.2 Å². The molecular formula is C14H12ClNO3. The quantitative estimate of drug-likeness (QED) is 0.486. The number of hydrogen-bond donors (Lipinski definition) is 1. The molecule has 1 aromatic carbocycles. The number of aromatic hydroxyl groups is 1. The van der Waals surface area contributed by atoms with Crippen LogP contribution in [0.25, 0.3) is 0 Å². The van der Waals surface area contributed by atoms with Crippen molar-refractivity contribution in [1.29, 1.82) is 0 Å². The normalized spacial score (nSPS) is 29.7. The summed E-state index contributed by atoms with van der Waals surface area (Å²) in [5.41, 5.74) is 0.478. The summed E-state index contributed by atoms with van der Waals surface area (Å²) < 4.78 is 0. The molecule has 3 rings (SSSR count). The topological polar surface area (TPSA) is 57.6 Å². The molecule has 0 aromatic heterocycles. The average molecular weight is 278 g/mol. The van der Waals surface area contributed by atoms with Gasteiger partial charge in [0.1, 0.15) is 5.75 Å². The van der Waals surface area contributed by atoms with Gasteiger partial charge in [0.2, 0.25) is 11.8 Å². The molecule has 2 amide bonds. The minimum absolute atomic E-state index is 0.0946. The Labute approximate surface area is 115 Å². The number of imide groups is 1. The third-order valence-corrected chi connectivity index (χ3v) is 4.05. The molecule has 1 aromatic rings. The summed E-state index contributed by atoms with van der Waals surface area (Å²) in [6.45, 7) is 0. The Morgan fingerprint density at radius 2 is 1.84 bits per heavy atom. The highest BCUT2D eigenvalue weighted by Crippen LogP contribution is 2.39. The van der Waals surface area contributed by atoms with Crippen molar-refractivity contribution in [2.45, 2.75) is 11.8 Å². The molecule has 1 aliphatic carbocycles. The lowest BCUT2D eigenvalue weighted by molar-refractivity contribution is -0.122. The monoisotopic (exact) mass is 277 g/mol. The van der Waals surface area contributed by atoms with Gasteiger partial charge in [0.25, 0.3) is 0 Å². The molecule has 4 nitrogen and oxygen atoms in total. The van der Waals surface area contributed by atoms with Gasteiger partial charge in [-0.05, 0) is 30.7 Å². The second kappa shape index (κ2) is 4.38. The molecule has 0 radical (unpaired) electrons. The maximum absolute atomic E-state index is 12.4. The number of benzene rings is 1. The number of amides is 2. The minimum Gasteiger partial charge on any atom is -0.508 e. The molecular weight excluding hydrogens is 266 g/mol. The molecule has 3 atom stereocenters. The minimum atomic E-state index is -0.479. The van der Waals surface area contributed by atoms with Crippen molar-refractivity contribution in [3.8, 4) is 5.75 Å². The van der Waals surface area contributed by atoms with Crippen LogP contribution >= 0.6 is 11.6 Å². The van der Waals surface area contributed by atoms with Crippen LogP contribution in [0.5, 0.6) is 5.75 Å². The molecule has 1 fully saturated rings. The number of anilines is 1. The van der Waals surface area contributed by atoms with E-state index < -0.39 is 11.3 Å². The smallest absolute Gasteiger partial charge is 0.239 e. The van der Waals surface area contributed by atoms with Crippen LogP contribution in [-0.4, -0.2) is 22.3 Å². The Balaban J connectivity index is 1.98. The highest BCUT2D eigenvalue weighted by Gasteiger charge is 2.51. The Bertz CT molecular complexity index is 567. The van der Waals surface area contributed by atoms with Gasteiger partial charge in [-0.2, -0.15) is 0 Å². The van der Waals surface area contributed by atoms with Crippen molar-refractivity contribution in [1.82, 2.24) is 0 Å². The van der Waals surface area contributed by atoms with Gasteiger partial charge >= 0.3 is 0 Å².